The molecule has 39 heavy (non-hydrogen) atoms. The lowest BCUT2D eigenvalue weighted by Gasteiger charge is -2.40. The summed E-state index contributed by atoms with van der Waals surface area (Å²) in [4.78, 5) is 35.4. The minimum Gasteiger partial charge on any atom is -0.497 e. The predicted molar refractivity (Wildman–Crippen MR) is 156 cm³/mol. The first kappa shape index (κ1) is 27.1. The lowest BCUT2D eigenvalue weighted by Crippen LogP contribution is -2.55. The monoisotopic (exact) mass is 607 g/mol. The van der Waals surface area contributed by atoms with E-state index in [9.17, 15) is 9.59 Å². The average molecular weight is 609 g/mol. The number of amides is 2. The van der Waals surface area contributed by atoms with Crippen LogP contribution in [-0.4, -0.2) is 69.2 Å². The number of hydrogen-bond acceptors (Lipinski definition) is 6. The van der Waals surface area contributed by atoms with Crippen molar-refractivity contribution in [1.29, 1.82) is 0 Å². The molecule has 2 aromatic heterocycles. The van der Waals surface area contributed by atoms with Gasteiger partial charge in [-0.15, -0.1) is 11.3 Å². The molecule has 1 unspecified atom stereocenters. The molecule has 2 amide bonds. The maximum absolute atomic E-state index is 13.7. The molecule has 0 bridgehead atoms. The number of thiazole rings is 1. The number of rotatable bonds is 6. The fourth-order valence-corrected chi connectivity index (χ4v) is 6.11. The second kappa shape index (κ2) is 11.3. The lowest BCUT2D eigenvalue weighted by atomic mass is 10.0. The van der Waals surface area contributed by atoms with Crippen molar-refractivity contribution in [3.05, 3.63) is 81.4 Å². The van der Waals surface area contributed by atoms with Gasteiger partial charge in [0, 0.05) is 46.7 Å². The zero-order valence-electron chi connectivity index (χ0n) is 22.3. The van der Waals surface area contributed by atoms with Crippen LogP contribution < -0.4 is 4.74 Å². The van der Waals surface area contributed by atoms with Gasteiger partial charge in [0.2, 0.25) is 5.13 Å². The molecule has 4 aromatic rings. The van der Waals surface area contributed by atoms with Crippen molar-refractivity contribution >= 4 is 39.1 Å². The van der Waals surface area contributed by atoms with Crippen molar-refractivity contribution in [1.82, 2.24) is 24.6 Å². The first-order valence-electron chi connectivity index (χ1n) is 12.8. The molecule has 3 heterocycles. The van der Waals surface area contributed by atoms with Crippen LogP contribution in [0, 0.1) is 0 Å². The minimum absolute atomic E-state index is 0.0257. The minimum atomic E-state index is -0.115. The van der Waals surface area contributed by atoms with E-state index in [1.807, 2.05) is 70.6 Å². The third-order valence-corrected chi connectivity index (χ3v) is 8.18. The number of piperazine rings is 1. The van der Waals surface area contributed by atoms with Crippen LogP contribution in [0.25, 0.3) is 16.4 Å². The molecule has 0 N–H and O–H groups in total. The number of carbonyl (C=O) groups is 2. The van der Waals surface area contributed by atoms with Gasteiger partial charge in [-0.3, -0.25) is 9.59 Å². The highest BCUT2D eigenvalue weighted by molar-refractivity contribution is 9.10. The molecule has 202 valence electrons. The second-order valence-corrected chi connectivity index (χ2v) is 11.6. The number of halogens is 1. The van der Waals surface area contributed by atoms with E-state index in [0.29, 0.717) is 35.9 Å². The van der Waals surface area contributed by atoms with Crippen LogP contribution >= 0.6 is 27.3 Å². The van der Waals surface area contributed by atoms with Crippen LogP contribution in [0.3, 0.4) is 0 Å². The molecule has 1 saturated heterocycles. The van der Waals surface area contributed by atoms with E-state index in [0.717, 1.165) is 27.2 Å². The normalized spacial score (nSPS) is 15.6. The zero-order chi connectivity index (χ0) is 27.7. The summed E-state index contributed by atoms with van der Waals surface area (Å²) in [7, 11) is 1.64. The maximum Gasteiger partial charge on any atom is 0.257 e. The Morgan fingerprint density at radius 3 is 2.62 bits per heavy atom. The molecule has 1 fully saturated rings. The summed E-state index contributed by atoms with van der Waals surface area (Å²) in [6.45, 7) is 7.48. The zero-order valence-corrected chi connectivity index (χ0v) is 24.7. The summed E-state index contributed by atoms with van der Waals surface area (Å²) >= 11 is 4.92. The number of aromatic nitrogens is 3. The molecular weight excluding hydrogens is 578 g/mol. The van der Waals surface area contributed by atoms with E-state index in [2.05, 4.69) is 34.9 Å². The second-order valence-electron chi connectivity index (χ2n) is 9.87. The summed E-state index contributed by atoms with van der Waals surface area (Å²) in [6, 6.07) is 15.1. The van der Waals surface area contributed by atoms with Gasteiger partial charge in [-0.25, -0.2) is 9.67 Å². The van der Waals surface area contributed by atoms with E-state index in [4.69, 9.17) is 9.72 Å². The molecule has 1 aliphatic heterocycles. The first-order valence-corrected chi connectivity index (χ1v) is 14.5. The maximum atomic E-state index is 13.7. The smallest absolute Gasteiger partial charge is 0.257 e. The van der Waals surface area contributed by atoms with Crippen LogP contribution in [-0.2, 0) is 0 Å². The molecule has 0 radical (unpaired) electrons. The number of carbonyl (C=O) groups excluding carboxylic acids is 2. The number of benzene rings is 2. The molecular formula is C29H30BrN5O3S. The van der Waals surface area contributed by atoms with Crippen molar-refractivity contribution in [2.75, 3.05) is 26.7 Å². The Kier molecular flexibility index (Phi) is 7.86. The summed E-state index contributed by atoms with van der Waals surface area (Å²) in [5, 5.41) is 7.29. The van der Waals surface area contributed by atoms with Crippen molar-refractivity contribution in [2.45, 2.75) is 32.7 Å². The van der Waals surface area contributed by atoms with Gasteiger partial charge in [-0.1, -0.05) is 48.0 Å². The predicted octanol–water partition coefficient (Wildman–Crippen LogP) is 5.88. The van der Waals surface area contributed by atoms with Gasteiger partial charge in [-0.05, 0) is 43.2 Å². The average Bonchev–Trinajstić information content (AvgIpc) is 3.60. The molecule has 5 rings (SSSR count). The van der Waals surface area contributed by atoms with Crippen LogP contribution in [0.4, 0.5) is 0 Å². The lowest BCUT2D eigenvalue weighted by molar-refractivity contribution is 0.0413. The molecule has 0 aliphatic carbocycles. The summed E-state index contributed by atoms with van der Waals surface area (Å²) in [5.41, 5.74) is 3.81. The highest BCUT2D eigenvalue weighted by Crippen LogP contribution is 2.30. The summed E-state index contributed by atoms with van der Waals surface area (Å²) < 4.78 is 8.00. The highest BCUT2D eigenvalue weighted by Gasteiger charge is 2.33. The Morgan fingerprint density at radius 1 is 1.10 bits per heavy atom. The SMILES string of the molecule is COc1cccc(-c2csc(-n3ncc(C(=O)N4CCN(C(=O)c5cccc(Br)c5)C(C)C4)c3C(C)C)n2)c1. The van der Waals surface area contributed by atoms with Gasteiger partial charge < -0.3 is 14.5 Å². The van der Waals surface area contributed by atoms with E-state index in [-0.39, 0.29) is 23.8 Å². The Balaban J connectivity index is 1.36. The Morgan fingerprint density at radius 2 is 1.90 bits per heavy atom. The number of methoxy groups -OCH3 is 1. The largest absolute Gasteiger partial charge is 0.497 e. The van der Waals surface area contributed by atoms with Crippen LogP contribution in [0.1, 0.15) is 53.1 Å². The fraction of sp³-hybridized carbons (Fsp3) is 0.310. The van der Waals surface area contributed by atoms with Gasteiger partial charge >= 0.3 is 0 Å². The van der Waals surface area contributed by atoms with E-state index in [1.54, 1.807) is 18.0 Å². The van der Waals surface area contributed by atoms with Gasteiger partial charge in [0.25, 0.3) is 11.8 Å². The number of hydrogen-bond donors (Lipinski definition) is 0. The van der Waals surface area contributed by atoms with Crippen molar-refractivity contribution in [3.8, 4) is 22.1 Å². The van der Waals surface area contributed by atoms with Crippen molar-refractivity contribution in [3.63, 3.8) is 0 Å². The van der Waals surface area contributed by atoms with Crippen LogP contribution in [0.5, 0.6) is 5.75 Å². The number of ether oxygens (including phenoxy) is 1. The van der Waals surface area contributed by atoms with Gasteiger partial charge in [0.1, 0.15) is 5.75 Å². The molecule has 0 spiro atoms. The Labute approximate surface area is 240 Å². The standard InChI is InChI=1S/C29H30BrN5O3S/c1-18(2)26-24(15-31-35(26)29-32-25(17-39-29)20-7-6-10-23(14-20)38-4)28(37)33-11-12-34(19(3)16-33)27(36)21-8-5-9-22(30)13-21/h5-10,13-15,17-19H,11-12,16H2,1-4H3. The highest BCUT2D eigenvalue weighted by atomic mass is 79.9. The van der Waals surface area contributed by atoms with Gasteiger partial charge in [-0.2, -0.15) is 5.10 Å². The molecule has 10 heteroatoms. The summed E-state index contributed by atoms with van der Waals surface area (Å²) in [5.74, 6) is 0.718. The van der Waals surface area contributed by atoms with E-state index < -0.39 is 0 Å². The van der Waals surface area contributed by atoms with Gasteiger partial charge in [0.05, 0.1) is 30.3 Å². The first-order chi connectivity index (χ1) is 18.8. The fourth-order valence-electron chi connectivity index (χ4n) is 4.91. The third kappa shape index (κ3) is 5.49. The van der Waals surface area contributed by atoms with Crippen molar-refractivity contribution < 1.29 is 14.3 Å². The van der Waals surface area contributed by atoms with Crippen LogP contribution in [0.15, 0.2) is 64.6 Å². The summed E-state index contributed by atoms with van der Waals surface area (Å²) in [6.07, 6.45) is 1.65. The molecule has 1 aliphatic rings. The molecule has 0 saturated carbocycles. The van der Waals surface area contributed by atoms with E-state index >= 15 is 0 Å². The Bertz CT molecular complexity index is 1510. The Hall–Kier alpha value is -3.50. The third-order valence-electron chi connectivity index (χ3n) is 6.87. The molecule has 8 nitrogen and oxygen atoms in total. The van der Waals surface area contributed by atoms with Gasteiger partial charge in [0.15, 0.2) is 0 Å². The molecule has 1 atom stereocenters. The van der Waals surface area contributed by atoms with Crippen molar-refractivity contribution in [2.24, 2.45) is 0 Å². The van der Waals surface area contributed by atoms with Crippen LogP contribution in [0.2, 0.25) is 0 Å². The quantitative estimate of drug-likeness (QED) is 0.273. The van der Waals surface area contributed by atoms with E-state index in [1.165, 1.54) is 11.3 Å². The topological polar surface area (TPSA) is 80.6 Å². The number of nitrogens with zero attached hydrogens (tertiary/aromatic N) is 5. The molecule has 2 aromatic carbocycles.